The predicted octanol–water partition coefficient (Wildman–Crippen LogP) is 2.14. The molecular formula is C20H22N4O2. The van der Waals surface area contributed by atoms with Crippen molar-refractivity contribution in [1.29, 1.82) is 0 Å². The highest BCUT2D eigenvalue weighted by Crippen LogP contribution is 2.26. The number of rotatable bonds is 3. The molecule has 0 spiro atoms. The Hall–Kier alpha value is -2.89. The minimum Gasteiger partial charge on any atom is -0.341 e. The summed E-state index contributed by atoms with van der Waals surface area (Å²) < 4.78 is 3.02. The first kappa shape index (κ1) is 16.6. The van der Waals surface area contributed by atoms with Gasteiger partial charge in [-0.1, -0.05) is 30.3 Å². The van der Waals surface area contributed by atoms with Gasteiger partial charge in [0, 0.05) is 32.3 Å². The van der Waals surface area contributed by atoms with Gasteiger partial charge >= 0.3 is 5.69 Å². The molecule has 0 radical (unpaired) electrons. The van der Waals surface area contributed by atoms with Crippen LogP contribution < -0.4 is 5.69 Å². The summed E-state index contributed by atoms with van der Waals surface area (Å²) in [6.45, 7) is 1.52. The van der Waals surface area contributed by atoms with Crippen LogP contribution in [0.25, 0.3) is 11.2 Å². The van der Waals surface area contributed by atoms with Gasteiger partial charge in [0.25, 0.3) is 0 Å². The highest BCUT2D eigenvalue weighted by molar-refractivity contribution is 5.79. The first-order valence-corrected chi connectivity index (χ1v) is 8.98. The molecule has 1 saturated heterocycles. The predicted molar refractivity (Wildman–Crippen MR) is 100.0 cm³/mol. The van der Waals surface area contributed by atoms with Gasteiger partial charge in [0.1, 0.15) is 6.54 Å². The van der Waals surface area contributed by atoms with Gasteiger partial charge in [0.2, 0.25) is 5.91 Å². The molecule has 1 aliphatic heterocycles. The summed E-state index contributed by atoms with van der Waals surface area (Å²) in [4.78, 5) is 31.5. The molecule has 3 heterocycles. The van der Waals surface area contributed by atoms with Crippen molar-refractivity contribution in [1.82, 2.24) is 19.0 Å². The fraction of sp³-hybridized carbons (Fsp3) is 0.350. The highest BCUT2D eigenvalue weighted by atomic mass is 16.2. The van der Waals surface area contributed by atoms with E-state index in [1.807, 2.05) is 29.2 Å². The lowest BCUT2D eigenvalue weighted by atomic mass is 9.90. The van der Waals surface area contributed by atoms with Crippen molar-refractivity contribution in [3.05, 3.63) is 64.7 Å². The molecule has 26 heavy (non-hydrogen) atoms. The Morgan fingerprint density at radius 2 is 2.00 bits per heavy atom. The highest BCUT2D eigenvalue weighted by Gasteiger charge is 2.25. The molecule has 6 nitrogen and oxygen atoms in total. The van der Waals surface area contributed by atoms with E-state index in [2.05, 4.69) is 17.1 Å². The summed E-state index contributed by atoms with van der Waals surface area (Å²) in [5.74, 6) is 0.351. The minimum atomic E-state index is -0.205. The van der Waals surface area contributed by atoms with E-state index in [1.165, 1.54) is 14.7 Å². The van der Waals surface area contributed by atoms with E-state index in [9.17, 15) is 9.59 Å². The van der Waals surface area contributed by atoms with Crippen LogP contribution in [0, 0.1) is 0 Å². The molecule has 1 unspecified atom stereocenters. The number of aromatic nitrogens is 3. The van der Waals surface area contributed by atoms with Crippen molar-refractivity contribution in [3.63, 3.8) is 0 Å². The number of carbonyl (C=O) groups is 1. The smallest absolute Gasteiger partial charge is 0.330 e. The number of likely N-dealkylation sites (tertiary alicyclic amines) is 1. The van der Waals surface area contributed by atoms with Gasteiger partial charge in [0.15, 0.2) is 5.65 Å². The summed E-state index contributed by atoms with van der Waals surface area (Å²) in [5, 5.41) is 0. The molecule has 134 valence electrons. The molecule has 0 N–H and O–H groups in total. The number of fused-ring (bicyclic) bond motifs is 1. The summed E-state index contributed by atoms with van der Waals surface area (Å²) in [7, 11) is 1.69. The van der Waals surface area contributed by atoms with E-state index in [0.29, 0.717) is 23.6 Å². The third kappa shape index (κ3) is 2.92. The van der Waals surface area contributed by atoms with Crippen LogP contribution in [0.15, 0.2) is 53.5 Å². The van der Waals surface area contributed by atoms with Gasteiger partial charge in [-0.05, 0) is 30.5 Å². The van der Waals surface area contributed by atoms with Gasteiger partial charge in [-0.3, -0.25) is 13.9 Å². The molecule has 1 aromatic carbocycles. The number of pyridine rings is 1. The van der Waals surface area contributed by atoms with Crippen LogP contribution in [0.5, 0.6) is 0 Å². The van der Waals surface area contributed by atoms with Crippen molar-refractivity contribution in [3.8, 4) is 0 Å². The molecule has 4 rings (SSSR count). The molecule has 0 bridgehead atoms. The number of hydrogen-bond donors (Lipinski definition) is 0. The lowest BCUT2D eigenvalue weighted by Gasteiger charge is -2.33. The molecule has 2 aromatic heterocycles. The third-order valence-corrected chi connectivity index (χ3v) is 5.23. The van der Waals surface area contributed by atoms with Crippen LogP contribution in [0.4, 0.5) is 0 Å². The number of nitrogens with zero attached hydrogens (tertiary/aromatic N) is 4. The van der Waals surface area contributed by atoms with Crippen molar-refractivity contribution >= 4 is 17.1 Å². The van der Waals surface area contributed by atoms with Gasteiger partial charge in [0.05, 0.1) is 5.52 Å². The third-order valence-electron chi connectivity index (χ3n) is 5.23. The second kappa shape index (κ2) is 6.78. The molecule has 1 aliphatic rings. The summed E-state index contributed by atoms with van der Waals surface area (Å²) >= 11 is 0. The minimum absolute atomic E-state index is 0.0101. The topological polar surface area (TPSA) is 60.1 Å². The fourth-order valence-corrected chi connectivity index (χ4v) is 3.82. The maximum Gasteiger partial charge on any atom is 0.330 e. The van der Waals surface area contributed by atoms with Gasteiger partial charge < -0.3 is 4.90 Å². The van der Waals surface area contributed by atoms with Crippen LogP contribution in [0.3, 0.4) is 0 Å². The average Bonchev–Trinajstić information content (AvgIpc) is 2.94. The van der Waals surface area contributed by atoms with Gasteiger partial charge in [-0.2, -0.15) is 0 Å². The van der Waals surface area contributed by atoms with E-state index < -0.39 is 0 Å². The zero-order chi connectivity index (χ0) is 18.1. The standard InChI is InChI=1S/C20H22N4O2/c1-22-19-17(10-5-11-21-19)24(20(22)26)14-18(25)23-12-6-9-16(13-23)15-7-3-2-4-8-15/h2-5,7-8,10-11,16H,6,9,12-14H2,1H3. The zero-order valence-electron chi connectivity index (χ0n) is 14.8. The number of aryl methyl sites for hydroxylation is 1. The van der Waals surface area contributed by atoms with Crippen LogP contribution in [0.2, 0.25) is 0 Å². The van der Waals surface area contributed by atoms with Crippen LogP contribution >= 0.6 is 0 Å². The van der Waals surface area contributed by atoms with Crippen molar-refractivity contribution in [2.45, 2.75) is 25.3 Å². The largest absolute Gasteiger partial charge is 0.341 e. The Labute approximate surface area is 151 Å². The van der Waals surface area contributed by atoms with Crippen LogP contribution in [0.1, 0.15) is 24.3 Å². The average molecular weight is 350 g/mol. The number of hydrogen-bond acceptors (Lipinski definition) is 3. The van der Waals surface area contributed by atoms with E-state index in [1.54, 1.807) is 19.3 Å². The number of imidazole rings is 1. The SMILES string of the molecule is Cn1c(=O)n(CC(=O)N2CCCC(c3ccccc3)C2)c2cccnc21. The number of benzene rings is 1. The molecule has 6 heteroatoms. The Balaban J connectivity index is 1.55. The second-order valence-corrected chi connectivity index (χ2v) is 6.86. The van der Waals surface area contributed by atoms with Crippen LogP contribution in [-0.4, -0.2) is 38.0 Å². The Bertz CT molecular complexity index is 990. The van der Waals surface area contributed by atoms with Gasteiger partial charge in [-0.25, -0.2) is 9.78 Å². The normalized spacial score (nSPS) is 17.6. The van der Waals surface area contributed by atoms with E-state index >= 15 is 0 Å². The van der Waals surface area contributed by atoms with Crippen molar-refractivity contribution < 1.29 is 4.79 Å². The number of piperidine rings is 1. The van der Waals surface area contributed by atoms with Crippen molar-refractivity contribution in [2.75, 3.05) is 13.1 Å². The second-order valence-electron chi connectivity index (χ2n) is 6.86. The lowest BCUT2D eigenvalue weighted by molar-refractivity contribution is -0.133. The summed E-state index contributed by atoms with van der Waals surface area (Å²) in [5.41, 5.74) is 2.37. The Kier molecular flexibility index (Phi) is 4.32. The first-order valence-electron chi connectivity index (χ1n) is 8.98. The maximum atomic E-state index is 12.9. The van der Waals surface area contributed by atoms with Crippen LogP contribution in [-0.2, 0) is 18.4 Å². The maximum absolute atomic E-state index is 12.9. The summed E-state index contributed by atoms with van der Waals surface area (Å²) in [6.07, 6.45) is 3.73. The molecule has 0 saturated carbocycles. The summed E-state index contributed by atoms with van der Waals surface area (Å²) in [6, 6.07) is 14.0. The lowest BCUT2D eigenvalue weighted by Crippen LogP contribution is -2.42. The molecular weight excluding hydrogens is 328 g/mol. The Morgan fingerprint density at radius 3 is 2.81 bits per heavy atom. The monoisotopic (exact) mass is 350 g/mol. The molecule has 3 aromatic rings. The fourth-order valence-electron chi connectivity index (χ4n) is 3.82. The molecule has 1 atom stereocenters. The van der Waals surface area contributed by atoms with E-state index in [4.69, 9.17) is 0 Å². The molecule has 0 aliphatic carbocycles. The quantitative estimate of drug-likeness (QED) is 0.727. The van der Waals surface area contributed by atoms with Crippen molar-refractivity contribution in [2.24, 2.45) is 7.05 Å². The van der Waals surface area contributed by atoms with E-state index in [0.717, 1.165) is 19.4 Å². The first-order chi connectivity index (χ1) is 12.6. The molecule has 1 amide bonds. The Morgan fingerprint density at radius 1 is 1.19 bits per heavy atom. The van der Waals surface area contributed by atoms with Gasteiger partial charge in [-0.15, -0.1) is 0 Å². The zero-order valence-corrected chi connectivity index (χ0v) is 14.8. The number of carbonyl (C=O) groups excluding carboxylic acids is 1. The van der Waals surface area contributed by atoms with E-state index in [-0.39, 0.29) is 18.1 Å². The number of amides is 1. The molecule has 1 fully saturated rings.